The fraction of sp³-hybridized carbons (Fsp3) is 0.286. The monoisotopic (exact) mass is 261 g/mol. The number of amides is 1. The van der Waals surface area contributed by atoms with Gasteiger partial charge in [-0.2, -0.15) is 5.10 Å². The van der Waals surface area contributed by atoms with Gasteiger partial charge in [-0.1, -0.05) is 0 Å². The molecule has 19 heavy (non-hydrogen) atoms. The lowest BCUT2D eigenvalue weighted by Crippen LogP contribution is -2.23. The van der Waals surface area contributed by atoms with Gasteiger partial charge in [0.2, 0.25) is 0 Å². The lowest BCUT2D eigenvalue weighted by atomic mass is 10.1. The van der Waals surface area contributed by atoms with Gasteiger partial charge in [-0.3, -0.25) is 4.79 Å². The van der Waals surface area contributed by atoms with Crippen LogP contribution in [0.2, 0.25) is 0 Å². The van der Waals surface area contributed by atoms with Crippen LogP contribution in [0.4, 0.5) is 4.39 Å². The number of benzene rings is 1. The highest BCUT2D eigenvalue weighted by atomic mass is 19.1. The third-order valence-electron chi connectivity index (χ3n) is 2.98. The minimum absolute atomic E-state index is 0.0802. The van der Waals surface area contributed by atoms with Gasteiger partial charge in [0.25, 0.3) is 5.91 Å². The SMILES string of the molecule is Cc1nn(-c2ccc(F)cc2)c(C)c1C(=O)N(C)C. The standard InChI is InChI=1S/C14H16FN3O/c1-9-13(14(19)17(3)4)10(2)18(16-9)12-7-5-11(15)6-8-12/h5-8H,1-4H3. The molecule has 0 saturated carbocycles. The highest BCUT2D eigenvalue weighted by Gasteiger charge is 2.20. The summed E-state index contributed by atoms with van der Waals surface area (Å²) in [6.07, 6.45) is 0. The highest BCUT2D eigenvalue weighted by molar-refractivity contribution is 5.96. The van der Waals surface area contributed by atoms with E-state index in [4.69, 9.17) is 0 Å². The van der Waals surface area contributed by atoms with Gasteiger partial charge in [0.05, 0.1) is 22.6 Å². The van der Waals surface area contributed by atoms with Crippen molar-refractivity contribution >= 4 is 5.91 Å². The molecular formula is C14H16FN3O. The summed E-state index contributed by atoms with van der Waals surface area (Å²) in [6.45, 7) is 3.63. The molecule has 4 nitrogen and oxygen atoms in total. The molecular weight excluding hydrogens is 245 g/mol. The fourth-order valence-electron chi connectivity index (χ4n) is 2.01. The first-order valence-corrected chi connectivity index (χ1v) is 5.95. The van der Waals surface area contributed by atoms with E-state index in [2.05, 4.69) is 5.10 Å². The lowest BCUT2D eigenvalue weighted by Gasteiger charge is -2.10. The van der Waals surface area contributed by atoms with E-state index in [9.17, 15) is 9.18 Å². The molecule has 1 heterocycles. The Bertz CT molecular complexity index is 614. The summed E-state index contributed by atoms with van der Waals surface area (Å²) in [4.78, 5) is 13.6. The van der Waals surface area contributed by atoms with Gasteiger partial charge in [0, 0.05) is 14.1 Å². The zero-order valence-corrected chi connectivity index (χ0v) is 11.4. The van der Waals surface area contributed by atoms with Crippen LogP contribution in [0.1, 0.15) is 21.7 Å². The minimum atomic E-state index is -0.296. The summed E-state index contributed by atoms with van der Waals surface area (Å²) in [6, 6.07) is 6.02. The summed E-state index contributed by atoms with van der Waals surface area (Å²) in [7, 11) is 3.41. The number of carbonyl (C=O) groups excluding carboxylic acids is 1. The maximum Gasteiger partial charge on any atom is 0.257 e. The Labute approximate surface area is 111 Å². The van der Waals surface area contributed by atoms with E-state index in [1.807, 2.05) is 6.92 Å². The Hall–Kier alpha value is -2.17. The molecule has 1 aromatic heterocycles. The minimum Gasteiger partial charge on any atom is -0.345 e. The average Bonchev–Trinajstić information content (AvgIpc) is 2.65. The van der Waals surface area contributed by atoms with Crippen molar-refractivity contribution in [3.05, 3.63) is 47.0 Å². The number of halogens is 1. The van der Waals surface area contributed by atoms with Crippen molar-refractivity contribution in [2.24, 2.45) is 0 Å². The van der Waals surface area contributed by atoms with E-state index >= 15 is 0 Å². The Morgan fingerprint density at radius 3 is 2.32 bits per heavy atom. The van der Waals surface area contributed by atoms with Crippen molar-refractivity contribution in [3.8, 4) is 5.69 Å². The number of hydrogen-bond acceptors (Lipinski definition) is 2. The van der Waals surface area contributed by atoms with Crippen LogP contribution in [0.3, 0.4) is 0 Å². The number of aromatic nitrogens is 2. The second-order valence-electron chi connectivity index (χ2n) is 4.63. The maximum absolute atomic E-state index is 12.9. The molecule has 0 bridgehead atoms. The highest BCUT2D eigenvalue weighted by Crippen LogP contribution is 2.19. The number of aryl methyl sites for hydroxylation is 1. The molecule has 0 N–H and O–H groups in total. The van der Waals surface area contributed by atoms with Crippen molar-refractivity contribution in [3.63, 3.8) is 0 Å². The molecule has 0 atom stereocenters. The van der Waals surface area contributed by atoms with Crippen LogP contribution in [-0.4, -0.2) is 34.7 Å². The van der Waals surface area contributed by atoms with Crippen LogP contribution in [0.15, 0.2) is 24.3 Å². The first-order chi connectivity index (χ1) is 8.91. The van der Waals surface area contributed by atoms with Crippen molar-refractivity contribution < 1.29 is 9.18 Å². The molecule has 0 aliphatic heterocycles. The first-order valence-electron chi connectivity index (χ1n) is 5.95. The smallest absolute Gasteiger partial charge is 0.257 e. The van der Waals surface area contributed by atoms with Gasteiger partial charge < -0.3 is 4.90 Å². The van der Waals surface area contributed by atoms with Crippen LogP contribution in [0.25, 0.3) is 5.69 Å². The molecule has 0 fully saturated rings. The Morgan fingerprint density at radius 1 is 1.21 bits per heavy atom. The van der Waals surface area contributed by atoms with Crippen molar-refractivity contribution in [1.29, 1.82) is 0 Å². The number of hydrogen-bond donors (Lipinski definition) is 0. The van der Waals surface area contributed by atoms with E-state index in [-0.39, 0.29) is 11.7 Å². The molecule has 0 spiro atoms. The summed E-state index contributed by atoms with van der Waals surface area (Å²) in [5.41, 5.74) is 2.75. The Balaban J connectivity index is 2.53. The normalized spacial score (nSPS) is 10.6. The molecule has 0 aliphatic carbocycles. The van der Waals surface area contributed by atoms with Gasteiger partial charge in [-0.15, -0.1) is 0 Å². The summed E-state index contributed by atoms with van der Waals surface area (Å²) >= 11 is 0. The van der Waals surface area contributed by atoms with Gasteiger partial charge >= 0.3 is 0 Å². The number of carbonyl (C=O) groups is 1. The van der Waals surface area contributed by atoms with E-state index in [1.165, 1.54) is 17.0 Å². The molecule has 100 valence electrons. The van der Waals surface area contributed by atoms with Gasteiger partial charge in [0.15, 0.2) is 0 Å². The van der Waals surface area contributed by atoms with Gasteiger partial charge in [-0.25, -0.2) is 9.07 Å². The van der Waals surface area contributed by atoms with Crippen LogP contribution in [0, 0.1) is 19.7 Å². The molecule has 1 amide bonds. The van der Waals surface area contributed by atoms with Gasteiger partial charge in [-0.05, 0) is 38.1 Å². The fourth-order valence-corrected chi connectivity index (χ4v) is 2.01. The summed E-state index contributed by atoms with van der Waals surface area (Å²) in [5.74, 6) is -0.377. The van der Waals surface area contributed by atoms with Crippen molar-refractivity contribution in [2.75, 3.05) is 14.1 Å². The second kappa shape index (κ2) is 4.84. The predicted molar refractivity (Wildman–Crippen MR) is 71.0 cm³/mol. The van der Waals surface area contributed by atoms with E-state index < -0.39 is 0 Å². The van der Waals surface area contributed by atoms with Crippen molar-refractivity contribution in [1.82, 2.24) is 14.7 Å². The third kappa shape index (κ3) is 2.36. The molecule has 2 rings (SSSR count). The second-order valence-corrected chi connectivity index (χ2v) is 4.63. The van der Waals surface area contributed by atoms with Crippen LogP contribution in [0.5, 0.6) is 0 Å². The van der Waals surface area contributed by atoms with Gasteiger partial charge in [0.1, 0.15) is 5.82 Å². The van der Waals surface area contributed by atoms with Crippen molar-refractivity contribution in [2.45, 2.75) is 13.8 Å². The Morgan fingerprint density at radius 2 is 1.79 bits per heavy atom. The largest absolute Gasteiger partial charge is 0.345 e. The zero-order chi connectivity index (χ0) is 14.2. The predicted octanol–water partition coefficient (Wildman–Crippen LogP) is 2.33. The lowest BCUT2D eigenvalue weighted by molar-refractivity contribution is 0.0826. The zero-order valence-electron chi connectivity index (χ0n) is 11.4. The molecule has 0 aliphatic rings. The van der Waals surface area contributed by atoms with E-state index in [0.717, 1.165) is 11.4 Å². The third-order valence-corrected chi connectivity index (χ3v) is 2.98. The summed E-state index contributed by atoms with van der Waals surface area (Å²) in [5, 5.41) is 4.36. The van der Waals surface area contributed by atoms with Crippen LogP contribution >= 0.6 is 0 Å². The number of rotatable bonds is 2. The molecule has 0 unspecified atom stereocenters. The molecule has 0 saturated heterocycles. The molecule has 0 radical (unpaired) electrons. The van der Waals surface area contributed by atoms with E-state index in [1.54, 1.807) is 37.8 Å². The maximum atomic E-state index is 12.9. The number of nitrogens with zero attached hydrogens (tertiary/aromatic N) is 3. The molecule has 1 aromatic carbocycles. The van der Waals surface area contributed by atoms with E-state index in [0.29, 0.717) is 11.3 Å². The van der Waals surface area contributed by atoms with Crippen LogP contribution < -0.4 is 0 Å². The Kier molecular flexibility index (Phi) is 3.38. The quantitative estimate of drug-likeness (QED) is 0.832. The molecule has 5 heteroatoms. The average molecular weight is 261 g/mol. The van der Waals surface area contributed by atoms with Crippen LogP contribution in [-0.2, 0) is 0 Å². The topological polar surface area (TPSA) is 38.1 Å². The summed E-state index contributed by atoms with van der Waals surface area (Å²) < 4.78 is 14.6. The molecule has 2 aromatic rings. The first kappa shape index (κ1) is 13.3.